The quantitative estimate of drug-likeness (QED) is 0.417. The molecule has 1 fully saturated rings. The molecule has 8 heteroatoms. The van der Waals surface area contributed by atoms with E-state index in [1.807, 2.05) is 30.3 Å². The Labute approximate surface area is 204 Å². The van der Waals surface area contributed by atoms with Crippen molar-refractivity contribution in [3.63, 3.8) is 0 Å². The highest BCUT2D eigenvalue weighted by Crippen LogP contribution is 2.31. The van der Waals surface area contributed by atoms with Crippen LogP contribution in [-0.4, -0.2) is 32.1 Å². The first-order chi connectivity index (χ1) is 16.5. The average Bonchev–Trinajstić information content (AvgIpc) is 3.39. The van der Waals surface area contributed by atoms with E-state index in [1.54, 1.807) is 43.5 Å². The van der Waals surface area contributed by atoms with E-state index in [0.717, 1.165) is 37.2 Å². The summed E-state index contributed by atoms with van der Waals surface area (Å²) in [7, 11) is 1.60. The van der Waals surface area contributed by atoms with Gasteiger partial charge in [-0.15, -0.1) is 0 Å². The monoisotopic (exact) mass is 478 g/mol. The maximum absolute atomic E-state index is 12.9. The molecule has 0 radical (unpaired) electrons. The Morgan fingerprint density at radius 3 is 2.41 bits per heavy atom. The minimum absolute atomic E-state index is 0.242. The molecular weight excluding hydrogens is 452 g/mol. The molecule has 176 valence electrons. The minimum atomic E-state index is -0.430. The fourth-order valence-electron chi connectivity index (χ4n) is 3.98. The van der Waals surface area contributed by atoms with Gasteiger partial charge in [0.25, 0.3) is 5.91 Å². The van der Waals surface area contributed by atoms with Crippen LogP contribution >= 0.6 is 11.6 Å². The number of nitrogens with zero attached hydrogens (tertiary/aromatic N) is 1. The Morgan fingerprint density at radius 2 is 1.65 bits per heavy atom. The normalized spacial score (nSPS) is 12.8. The standard InChI is InChI=1S/C26H27ClN4O3/c1-34-24-11-5-2-8-19(24)17-28-25(32)18-12-13-23(31-14-6-7-15-31)22(16-18)30-26(33)29-21-10-4-3-9-20(21)27/h2-5,8-13,16H,6-7,14-15,17H2,1H3,(H,28,32)(H2,29,30,33). The molecule has 0 atom stereocenters. The van der Waals surface area contributed by atoms with E-state index in [0.29, 0.717) is 34.3 Å². The molecule has 0 aliphatic carbocycles. The molecule has 0 aromatic heterocycles. The number of para-hydroxylation sites is 2. The summed E-state index contributed by atoms with van der Waals surface area (Å²) >= 11 is 6.17. The first-order valence-corrected chi connectivity index (χ1v) is 11.5. The second-order valence-electron chi connectivity index (χ2n) is 7.98. The van der Waals surface area contributed by atoms with Gasteiger partial charge < -0.3 is 25.6 Å². The highest BCUT2D eigenvalue weighted by molar-refractivity contribution is 6.33. The number of hydrogen-bond donors (Lipinski definition) is 3. The molecule has 1 aliphatic rings. The van der Waals surface area contributed by atoms with Crippen molar-refractivity contribution >= 4 is 40.6 Å². The van der Waals surface area contributed by atoms with Crippen molar-refractivity contribution in [3.8, 4) is 5.75 Å². The highest BCUT2D eigenvalue weighted by Gasteiger charge is 2.19. The number of carbonyl (C=O) groups excluding carboxylic acids is 2. The van der Waals surface area contributed by atoms with Crippen LogP contribution < -0.4 is 25.6 Å². The first kappa shape index (κ1) is 23.4. The van der Waals surface area contributed by atoms with Gasteiger partial charge in [-0.3, -0.25) is 4.79 Å². The lowest BCUT2D eigenvalue weighted by Crippen LogP contribution is -2.26. The number of ether oxygens (including phenoxy) is 1. The van der Waals surface area contributed by atoms with E-state index < -0.39 is 6.03 Å². The summed E-state index contributed by atoms with van der Waals surface area (Å²) in [5, 5.41) is 9.04. The molecule has 1 heterocycles. The Morgan fingerprint density at radius 1 is 0.941 bits per heavy atom. The van der Waals surface area contributed by atoms with E-state index in [-0.39, 0.29) is 5.91 Å². The van der Waals surface area contributed by atoms with Gasteiger partial charge in [0.15, 0.2) is 0 Å². The molecule has 4 rings (SSSR count). The number of methoxy groups -OCH3 is 1. The van der Waals surface area contributed by atoms with Gasteiger partial charge in [0.1, 0.15) is 5.75 Å². The van der Waals surface area contributed by atoms with Gasteiger partial charge in [-0.25, -0.2) is 4.79 Å². The summed E-state index contributed by atoms with van der Waals surface area (Å²) in [5.74, 6) is 0.472. The summed E-state index contributed by atoms with van der Waals surface area (Å²) in [5.41, 5.74) is 3.29. The molecule has 7 nitrogen and oxygen atoms in total. The molecule has 3 aromatic carbocycles. The molecule has 3 aromatic rings. The highest BCUT2D eigenvalue weighted by atomic mass is 35.5. The summed E-state index contributed by atoms with van der Waals surface area (Å²) in [4.78, 5) is 27.9. The predicted molar refractivity (Wildman–Crippen MR) is 136 cm³/mol. The average molecular weight is 479 g/mol. The van der Waals surface area contributed by atoms with Crippen LogP contribution in [-0.2, 0) is 6.54 Å². The van der Waals surface area contributed by atoms with E-state index in [2.05, 4.69) is 20.9 Å². The lowest BCUT2D eigenvalue weighted by Gasteiger charge is -2.22. The number of nitrogens with one attached hydrogen (secondary N) is 3. The second-order valence-corrected chi connectivity index (χ2v) is 8.39. The number of amides is 3. The third-order valence-electron chi connectivity index (χ3n) is 5.71. The van der Waals surface area contributed by atoms with Crippen LogP contribution in [0.5, 0.6) is 5.75 Å². The second kappa shape index (κ2) is 10.9. The fraction of sp³-hybridized carbons (Fsp3) is 0.231. The van der Waals surface area contributed by atoms with Crippen LogP contribution in [0, 0.1) is 0 Å². The molecule has 0 saturated carbocycles. The Balaban J connectivity index is 1.52. The van der Waals surface area contributed by atoms with Crippen LogP contribution in [0.25, 0.3) is 0 Å². The molecule has 0 unspecified atom stereocenters. The van der Waals surface area contributed by atoms with Gasteiger partial charge in [0, 0.05) is 30.8 Å². The lowest BCUT2D eigenvalue weighted by atomic mass is 10.1. The van der Waals surface area contributed by atoms with Crippen LogP contribution in [0.15, 0.2) is 66.7 Å². The Bertz CT molecular complexity index is 1180. The Hall–Kier alpha value is -3.71. The van der Waals surface area contributed by atoms with Crippen molar-refractivity contribution in [2.45, 2.75) is 19.4 Å². The number of halogens is 1. The van der Waals surface area contributed by atoms with E-state index in [1.165, 1.54) is 0 Å². The largest absolute Gasteiger partial charge is 0.496 e. The Kier molecular flexibility index (Phi) is 7.54. The zero-order chi connectivity index (χ0) is 23.9. The van der Waals surface area contributed by atoms with Gasteiger partial charge in [-0.2, -0.15) is 0 Å². The molecule has 0 spiro atoms. The molecule has 0 bridgehead atoms. The number of benzene rings is 3. The van der Waals surface area contributed by atoms with E-state index in [4.69, 9.17) is 16.3 Å². The number of urea groups is 1. The molecule has 3 N–H and O–H groups in total. The number of carbonyl (C=O) groups is 2. The van der Waals surface area contributed by atoms with Crippen molar-refractivity contribution in [2.75, 3.05) is 35.7 Å². The number of rotatable bonds is 7. The van der Waals surface area contributed by atoms with E-state index in [9.17, 15) is 9.59 Å². The van der Waals surface area contributed by atoms with Gasteiger partial charge in [0.2, 0.25) is 0 Å². The molecule has 3 amide bonds. The van der Waals surface area contributed by atoms with Gasteiger partial charge in [-0.1, -0.05) is 41.9 Å². The molecule has 1 aliphatic heterocycles. The number of anilines is 3. The molecular formula is C26H27ClN4O3. The molecule has 34 heavy (non-hydrogen) atoms. The SMILES string of the molecule is COc1ccccc1CNC(=O)c1ccc(N2CCCC2)c(NC(=O)Nc2ccccc2Cl)c1. The summed E-state index contributed by atoms with van der Waals surface area (Å²) in [6.07, 6.45) is 2.18. The van der Waals surface area contributed by atoms with Crippen molar-refractivity contribution < 1.29 is 14.3 Å². The topological polar surface area (TPSA) is 82.7 Å². The van der Waals surface area contributed by atoms with Crippen LogP contribution in [0.4, 0.5) is 21.9 Å². The predicted octanol–water partition coefficient (Wildman–Crippen LogP) is 5.52. The minimum Gasteiger partial charge on any atom is -0.496 e. The number of hydrogen-bond acceptors (Lipinski definition) is 4. The fourth-order valence-corrected chi connectivity index (χ4v) is 4.16. The van der Waals surface area contributed by atoms with E-state index >= 15 is 0 Å². The van der Waals surface area contributed by atoms with Crippen molar-refractivity contribution in [2.24, 2.45) is 0 Å². The van der Waals surface area contributed by atoms with Gasteiger partial charge in [0.05, 0.1) is 29.2 Å². The zero-order valence-electron chi connectivity index (χ0n) is 18.9. The van der Waals surface area contributed by atoms with Crippen LogP contribution in [0.2, 0.25) is 5.02 Å². The molecule has 1 saturated heterocycles. The van der Waals surface area contributed by atoms with Crippen molar-refractivity contribution in [3.05, 3.63) is 82.9 Å². The van der Waals surface area contributed by atoms with Crippen molar-refractivity contribution in [1.82, 2.24) is 5.32 Å². The first-order valence-electron chi connectivity index (χ1n) is 11.2. The van der Waals surface area contributed by atoms with Crippen molar-refractivity contribution in [1.29, 1.82) is 0 Å². The summed E-state index contributed by atoms with van der Waals surface area (Å²) in [6.45, 7) is 2.13. The summed E-state index contributed by atoms with van der Waals surface area (Å²) in [6, 6.07) is 19.5. The third-order valence-corrected chi connectivity index (χ3v) is 6.04. The lowest BCUT2D eigenvalue weighted by molar-refractivity contribution is 0.0950. The smallest absolute Gasteiger partial charge is 0.323 e. The zero-order valence-corrected chi connectivity index (χ0v) is 19.7. The van der Waals surface area contributed by atoms with Gasteiger partial charge >= 0.3 is 6.03 Å². The maximum atomic E-state index is 12.9. The summed E-state index contributed by atoms with van der Waals surface area (Å²) < 4.78 is 5.36. The van der Waals surface area contributed by atoms with Gasteiger partial charge in [-0.05, 0) is 49.2 Å². The third kappa shape index (κ3) is 5.61. The maximum Gasteiger partial charge on any atom is 0.323 e. The van der Waals surface area contributed by atoms with Crippen LogP contribution in [0.1, 0.15) is 28.8 Å². The van der Waals surface area contributed by atoms with Crippen LogP contribution in [0.3, 0.4) is 0 Å².